The maximum absolute atomic E-state index is 12.2. The largest absolute Gasteiger partial charge is 0.469 e. The fourth-order valence-electron chi connectivity index (χ4n) is 3.76. The van der Waals surface area contributed by atoms with Gasteiger partial charge < -0.3 is 10.1 Å². The van der Waals surface area contributed by atoms with Crippen LogP contribution in [0.5, 0.6) is 0 Å². The molecule has 4 heteroatoms. The van der Waals surface area contributed by atoms with Crippen LogP contribution in [0.15, 0.2) is 18.2 Å². The van der Waals surface area contributed by atoms with E-state index in [1.165, 1.54) is 12.7 Å². The lowest BCUT2D eigenvalue weighted by molar-refractivity contribution is -0.148. The lowest BCUT2D eigenvalue weighted by Gasteiger charge is -2.36. The van der Waals surface area contributed by atoms with E-state index in [9.17, 15) is 4.79 Å². The highest BCUT2D eigenvalue weighted by atomic mass is 35.5. The Hall–Kier alpha value is -1.06. The second-order valence-electron chi connectivity index (χ2n) is 5.95. The molecular weight excluding hydrogens is 274 g/mol. The van der Waals surface area contributed by atoms with Crippen LogP contribution in [0.3, 0.4) is 0 Å². The van der Waals surface area contributed by atoms with Crippen molar-refractivity contribution in [1.82, 2.24) is 5.32 Å². The molecule has 2 bridgehead atoms. The zero-order chi connectivity index (χ0) is 14.3. The van der Waals surface area contributed by atoms with Gasteiger partial charge in [0.25, 0.3) is 0 Å². The van der Waals surface area contributed by atoms with Crippen molar-refractivity contribution in [1.29, 1.82) is 0 Å². The lowest BCUT2D eigenvalue weighted by Crippen LogP contribution is -2.48. The Labute approximate surface area is 124 Å². The van der Waals surface area contributed by atoms with Crippen LogP contribution in [-0.4, -0.2) is 25.2 Å². The molecule has 3 rings (SSSR count). The van der Waals surface area contributed by atoms with Gasteiger partial charge >= 0.3 is 5.97 Å². The Balaban J connectivity index is 1.96. The summed E-state index contributed by atoms with van der Waals surface area (Å²) in [6.45, 7) is 2.01. The van der Waals surface area contributed by atoms with Gasteiger partial charge in [0.1, 0.15) is 0 Å². The van der Waals surface area contributed by atoms with Gasteiger partial charge in [-0.05, 0) is 43.4 Å². The highest BCUT2D eigenvalue weighted by Crippen LogP contribution is 2.42. The van der Waals surface area contributed by atoms with E-state index in [4.69, 9.17) is 16.3 Å². The molecule has 1 aromatic rings. The van der Waals surface area contributed by atoms with E-state index in [2.05, 4.69) is 17.4 Å². The number of fused-ring (bicyclic) bond motifs is 2. The van der Waals surface area contributed by atoms with Gasteiger partial charge in [-0.25, -0.2) is 0 Å². The number of carbonyl (C=O) groups excluding carboxylic acids is 1. The topological polar surface area (TPSA) is 38.3 Å². The molecule has 0 aliphatic carbocycles. The van der Waals surface area contributed by atoms with E-state index in [0.29, 0.717) is 6.04 Å². The van der Waals surface area contributed by atoms with E-state index in [-0.39, 0.29) is 23.8 Å². The molecule has 3 nitrogen and oxygen atoms in total. The number of ether oxygens (including phenoxy) is 1. The summed E-state index contributed by atoms with van der Waals surface area (Å²) in [4.78, 5) is 12.2. The molecule has 2 heterocycles. The van der Waals surface area contributed by atoms with Crippen molar-refractivity contribution in [2.45, 2.75) is 44.2 Å². The molecule has 2 fully saturated rings. The molecule has 20 heavy (non-hydrogen) atoms. The summed E-state index contributed by atoms with van der Waals surface area (Å²) in [5.74, 6) is 0.0527. The Bertz CT molecular complexity index is 531. The molecule has 108 valence electrons. The Morgan fingerprint density at radius 1 is 1.40 bits per heavy atom. The van der Waals surface area contributed by atoms with Crippen LogP contribution in [0.1, 0.15) is 36.3 Å². The summed E-state index contributed by atoms with van der Waals surface area (Å²) in [6.07, 6.45) is 3.21. The number of aryl methyl sites for hydroxylation is 1. The minimum Gasteiger partial charge on any atom is -0.469 e. The van der Waals surface area contributed by atoms with Gasteiger partial charge in [0, 0.05) is 23.0 Å². The third kappa shape index (κ3) is 2.33. The number of nitrogens with one attached hydrogen (secondary N) is 1. The number of methoxy groups -OCH3 is 1. The first-order valence-electron chi connectivity index (χ1n) is 7.20. The van der Waals surface area contributed by atoms with Crippen molar-refractivity contribution in [3.8, 4) is 0 Å². The predicted molar refractivity (Wildman–Crippen MR) is 79.0 cm³/mol. The molecule has 1 aromatic carbocycles. The number of halogens is 1. The van der Waals surface area contributed by atoms with E-state index < -0.39 is 0 Å². The monoisotopic (exact) mass is 293 g/mol. The first-order valence-corrected chi connectivity index (χ1v) is 7.58. The van der Waals surface area contributed by atoms with Crippen molar-refractivity contribution in [3.63, 3.8) is 0 Å². The number of rotatable bonds is 2. The molecule has 0 aromatic heterocycles. The van der Waals surface area contributed by atoms with Crippen LogP contribution in [-0.2, 0) is 9.53 Å². The molecule has 0 unspecified atom stereocenters. The van der Waals surface area contributed by atoms with Gasteiger partial charge in [-0.15, -0.1) is 0 Å². The number of hydrogen-bond acceptors (Lipinski definition) is 3. The fraction of sp³-hybridized carbons (Fsp3) is 0.562. The minimum absolute atomic E-state index is 0.0840. The number of benzene rings is 1. The Morgan fingerprint density at radius 2 is 2.20 bits per heavy atom. The average Bonchev–Trinajstić information content (AvgIpc) is 2.82. The first-order chi connectivity index (χ1) is 9.60. The molecule has 0 radical (unpaired) electrons. The number of hydrogen-bond donors (Lipinski definition) is 1. The molecule has 2 aliphatic heterocycles. The van der Waals surface area contributed by atoms with Gasteiger partial charge in [-0.3, -0.25) is 4.79 Å². The molecule has 0 saturated carbocycles. The molecule has 1 N–H and O–H groups in total. The van der Waals surface area contributed by atoms with Gasteiger partial charge in [0.05, 0.1) is 13.0 Å². The third-order valence-electron chi connectivity index (χ3n) is 4.76. The van der Waals surface area contributed by atoms with Crippen molar-refractivity contribution >= 4 is 17.6 Å². The smallest absolute Gasteiger partial charge is 0.310 e. The highest BCUT2D eigenvalue weighted by molar-refractivity contribution is 6.31. The van der Waals surface area contributed by atoms with Gasteiger partial charge in [0.2, 0.25) is 0 Å². The summed E-state index contributed by atoms with van der Waals surface area (Å²) < 4.78 is 5.04. The lowest BCUT2D eigenvalue weighted by atomic mass is 9.76. The van der Waals surface area contributed by atoms with Crippen molar-refractivity contribution in [3.05, 3.63) is 34.3 Å². The number of piperidine rings is 1. The SMILES string of the molecule is COC(=O)[C@H]1[C@@H](c2ccc(Cl)c(C)c2)C[C@H]2CC[C@H]1N2. The fourth-order valence-corrected chi connectivity index (χ4v) is 3.88. The van der Waals surface area contributed by atoms with E-state index in [1.54, 1.807) is 0 Å². The molecule has 2 aliphatic rings. The van der Waals surface area contributed by atoms with Crippen molar-refractivity contribution in [2.24, 2.45) is 5.92 Å². The maximum atomic E-state index is 12.2. The second-order valence-corrected chi connectivity index (χ2v) is 6.35. The number of carbonyl (C=O) groups is 1. The van der Waals surface area contributed by atoms with Crippen LogP contribution in [0.2, 0.25) is 5.02 Å². The van der Waals surface area contributed by atoms with E-state index in [1.807, 2.05) is 13.0 Å². The Morgan fingerprint density at radius 3 is 2.90 bits per heavy atom. The van der Waals surface area contributed by atoms with Crippen LogP contribution in [0.25, 0.3) is 0 Å². The van der Waals surface area contributed by atoms with Gasteiger partial charge in [-0.1, -0.05) is 23.7 Å². The summed E-state index contributed by atoms with van der Waals surface area (Å²) in [5, 5.41) is 4.33. The minimum atomic E-state index is -0.0968. The third-order valence-corrected chi connectivity index (χ3v) is 5.19. The number of esters is 1. The summed E-state index contributed by atoms with van der Waals surface area (Å²) in [7, 11) is 1.48. The summed E-state index contributed by atoms with van der Waals surface area (Å²) in [5.41, 5.74) is 2.28. The maximum Gasteiger partial charge on any atom is 0.310 e. The first kappa shape index (κ1) is 13.9. The Kier molecular flexibility index (Phi) is 3.74. The zero-order valence-electron chi connectivity index (χ0n) is 11.9. The van der Waals surface area contributed by atoms with Crippen molar-refractivity contribution < 1.29 is 9.53 Å². The zero-order valence-corrected chi connectivity index (χ0v) is 12.6. The van der Waals surface area contributed by atoms with Crippen molar-refractivity contribution in [2.75, 3.05) is 7.11 Å². The van der Waals surface area contributed by atoms with Gasteiger partial charge in [0.15, 0.2) is 0 Å². The van der Waals surface area contributed by atoms with Crippen LogP contribution in [0, 0.1) is 12.8 Å². The van der Waals surface area contributed by atoms with Gasteiger partial charge in [-0.2, -0.15) is 0 Å². The molecule has 4 atom stereocenters. The molecule has 2 saturated heterocycles. The molecule has 0 amide bonds. The second kappa shape index (κ2) is 5.38. The van der Waals surface area contributed by atoms with Crippen LogP contribution < -0.4 is 5.32 Å². The quantitative estimate of drug-likeness (QED) is 0.852. The van der Waals surface area contributed by atoms with E-state index >= 15 is 0 Å². The summed E-state index contributed by atoms with van der Waals surface area (Å²) >= 11 is 6.11. The molecule has 0 spiro atoms. The average molecular weight is 294 g/mol. The highest BCUT2D eigenvalue weighted by Gasteiger charge is 2.46. The van der Waals surface area contributed by atoms with Crippen LogP contribution >= 0.6 is 11.6 Å². The van der Waals surface area contributed by atoms with Crippen LogP contribution in [0.4, 0.5) is 0 Å². The summed E-state index contributed by atoms with van der Waals surface area (Å²) in [6, 6.07) is 6.89. The predicted octanol–water partition coefficient (Wildman–Crippen LogP) is 3.05. The molecular formula is C16H20ClNO2. The normalized spacial score (nSPS) is 32.1. The standard InChI is InChI=1S/C16H20ClNO2/c1-9-7-10(3-5-13(9)17)12-8-11-4-6-14(18-11)15(12)16(19)20-2/h3,5,7,11-12,14-15,18H,4,6,8H2,1-2H3/t11-,12-,14-,15+/m1/s1. The van der Waals surface area contributed by atoms with E-state index in [0.717, 1.165) is 29.8 Å².